The lowest BCUT2D eigenvalue weighted by Gasteiger charge is -2.16. The molecule has 2 rings (SSSR count). The Morgan fingerprint density at radius 3 is 2.33 bits per heavy atom. The monoisotopic (exact) mass is 296 g/mol. The van der Waals surface area contributed by atoms with E-state index in [1.165, 1.54) is 22.9 Å². The third-order valence-electron chi connectivity index (χ3n) is 3.13. The summed E-state index contributed by atoms with van der Waals surface area (Å²) in [7, 11) is 0. The van der Waals surface area contributed by atoms with Crippen LogP contribution >= 0.6 is 0 Å². The first-order valence-electron chi connectivity index (χ1n) is 7.12. The van der Waals surface area contributed by atoms with Gasteiger partial charge in [-0.25, -0.2) is 13.8 Å². The van der Waals surface area contributed by atoms with Crippen molar-refractivity contribution in [1.82, 2.24) is 9.38 Å². The molecule has 0 unspecified atom stereocenters. The molecular weight excluding hydrogens is 274 g/mol. The zero-order valence-electron chi connectivity index (χ0n) is 13.4. The summed E-state index contributed by atoms with van der Waals surface area (Å²) in [5.41, 5.74) is 1.05. The minimum Gasteiger partial charge on any atom is -0.269 e. The van der Waals surface area contributed by atoms with E-state index in [4.69, 9.17) is 0 Å². The second-order valence-electron chi connectivity index (χ2n) is 5.17. The molecule has 2 heterocycles. The topological polar surface area (TPSA) is 34.4 Å². The Hall–Kier alpha value is -1.78. The average molecular weight is 296 g/mol. The van der Waals surface area contributed by atoms with Crippen molar-refractivity contribution in [3.8, 4) is 0 Å². The van der Waals surface area contributed by atoms with E-state index in [-0.39, 0.29) is 17.0 Å². The van der Waals surface area contributed by atoms with Gasteiger partial charge in [0.2, 0.25) is 0 Å². The van der Waals surface area contributed by atoms with Crippen molar-refractivity contribution in [3.63, 3.8) is 0 Å². The smallest absolute Gasteiger partial charge is 0.269 e. The van der Waals surface area contributed by atoms with E-state index in [1.807, 2.05) is 27.7 Å². The summed E-state index contributed by atoms with van der Waals surface area (Å²) in [6.07, 6.45) is 2.66. The summed E-state index contributed by atoms with van der Waals surface area (Å²) >= 11 is 0. The summed E-state index contributed by atoms with van der Waals surface area (Å²) in [6, 6.07) is 1.43. The first-order chi connectivity index (χ1) is 9.71. The Kier molecular flexibility index (Phi) is 5.20. The highest BCUT2D eigenvalue weighted by atomic mass is 19.3. The van der Waals surface area contributed by atoms with Crippen LogP contribution in [0.4, 0.5) is 8.78 Å². The van der Waals surface area contributed by atoms with Gasteiger partial charge in [-0.05, 0) is 24.5 Å². The van der Waals surface area contributed by atoms with E-state index in [0.717, 1.165) is 6.92 Å². The molecular formula is C16H22F2N2O. The minimum absolute atomic E-state index is 0.00639. The summed E-state index contributed by atoms with van der Waals surface area (Å²) in [6.45, 7) is 10.2. The van der Waals surface area contributed by atoms with Crippen LogP contribution in [0, 0.1) is 6.92 Å². The van der Waals surface area contributed by atoms with Crippen LogP contribution < -0.4 is 5.56 Å². The predicted octanol–water partition coefficient (Wildman–Crippen LogP) is 4.26. The van der Waals surface area contributed by atoms with Gasteiger partial charge in [0.05, 0.1) is 0 Å². The van der Waals surface area contributed by atoms with Gasteiger partial charge in [0.25, 0.3) is 11.5 Å². The van der Waals surface area contributed by atoms with Gasteiger partial charge in [-0.3, -0.25) is 9.20 Å². The number of fused-ring (bicyclic) bond motifs is 1. The molecule has 0 spiro atoms. The van der Waals surface area contributed by atoms with Gasteiger partial charge in [0.1, 0.15) is 5.65 Å². The zero-order valence-corrected chi connectivity index (χ0v) is 13.4. The molecule has 116 valence electrons. The fourth-order valence-electron chi connectivity index (χ4n) is 1.97. The summed E-state index contributed by atoms with van der Waals surface area (Å²) in [5.74, 6) is -2.98. The van der Waals surface area contributed by atoms with Crippen LogP contribution in [0.2, 0.25) is 0 Å². The van der Waals surface area contributed by atoms with E-state index >= 15 is 0 Å². The van der Waals surface area contributed by atoms with Crippen LogP contribution in [0.25, 0.3) is 5.65 Å². The van der Waals surface area contributed by atoms with E-state index in [9.17, 15) is 13.6 Å². The van der Waals surface area contributed by atoms with Crippen molar-refractivity contribution in [2.24, 2.45) is 0 Å². The van der Waals surface area contributed by atoms with Gasteiger partial charge in [0, 0.05) is 30.4 Å². The van der Waals surface area contributed by atoms with Crippen LogP contribution in [0.5, 0.6) is 0 Å². The molecule has 0 radical (unpaired) electrons. The summed E-state index contributed by atoms with van der Waals surface area (Å²) < 4.78 is 28.3. The molecule has 0 N–H and O–H groups in total. The van der Waals surface area contributed by atoms with Crippen molar-refractivity contribution < 1.29 is 8.78 Å². The number of aromatic nitrogens is 2. The first kappa shape index (κ1) is 17.3. The number of hydrogen-bond acceptors (Lipinski definition) is 2. The van der Waals surface area contributed by atoms with E-state index in [0.29, 0.717) is 16.8 Å². The molecule has 0 aliphatic heterocycles. The van der Waals surface area contributed by atoms with Crippen molar-refractivity contribution in [1.29, 1.82) is 0 Å². The Morgan fingerprint density at radius 2 is 1.86 bits per heavy atom. The maximum atomic E-state index is 13.5. The number of rotatable bonds is 2. The van der Waals surface area contributed by atoms with Crippen molar-refractivity contribution in [3.05, 3.63) is 45.5 Å². The zero-order chi connectivity index (χ0) is 16.4. The van der Waals surface area contributed by atoms with Crippen LogP contribution in [0.15, 0.2) is 23.3 Å². The molecule has 0 aliphatic rings. The predicted molar refractivity (Wildman–Crippen MR) is 81.2 cm³/mol. The molecule has 0 fully saturated rings. The van der Waals surface area contributed by atoms with Crippen LogP contribution in [-0.4, -0.2) is 9.38 Å². The van der Waals surface area contributed by atoms with Gasteiger partial charge in [0.15, 0.2) is 0 Å². The molecule has 2 aromatic rings. The molecule has 0 atom stereocenters. The van der Waals surface area contributed by atoms with E-state index < -0.39 is 5.92 Å². The fraction of sp³-hybridized carbons (Fsp3) is 0.500. The third kappa shape index (κ3) is 3.46. The molecule has 0 aromatic carbocycles. The Bertz CT molecular complexity index is 685. The number of nitrogens with zero attached hydrogens (tertiary/aromatic N) is 2. The SMILES string of the molecule is CC.Cc1cnc2c(C(C)C)cc(C(C)(F)F)cn2c1=O. The molecule has 21 heavy (non-hydrogen) atoms. The Morgan fingerprint density at radius 1 is 1.29 bits per heavy atom. The summed E-state index contributed by atoms with van der Waals surface area (Å²) in [5, 5.41) is 0. The highest BCUT2D eigenvalue weighted by molar-refractivity contribution is 5.51. The number of alkyl halides is 2. The molecule has 0 bridgehead atoms. The quantitative estimate of drug-likeness (QED) is 0.829. The molecule has 5 heteroatoms. The highest BCUT2D eigenvalue weighted by Crippen LogP contribution is 2.30. The molecule has 0 saturated heterocycles. The highest BCUT2D eigenvalue weighted by Gasteiger charge is 2.26. The maximum absolute atomic E-state index is 13.5. The van der Waals surface area contributed by atoms with E-state index in [2.05, 4.69) is 4.98 Å². The summed E-state index contributed by atoms with van der Waals surface area (Å²) in [4.78, 5) is 16.3. The third-order valence-corrected chi connectivity index (χ3v) is 3.13. The van der Waals surface area contributed by atoms with Gasteiger partial charge in [-0.2, -0.15) is 0 Å². The lowest BCUT2D eigenvalue weighted by Crippen LogP contribution is -2.21. The standard InChI is InChI=1S/C14H16F2N2O.C2H6/c1-8(2)11-5-10(14(4,15)16)7-18-12(11)17-6-9(3)13(18)19;1-2/h5-8H,1-4H3;1-2H3. The number of halogens is 2. The van der Waals surface area contributed by atoms with Crippen molar-refractivity contribution in [2.45, 2.75) is 53.4 Å². The molecule has 2 aromatic heterocycles. The van der Waals surface area contributed by atoms with Gasteiger partial charge in [-0.15, -0.1) is 0 Å². The van der Waals surface area contributed by atoms with Gasteiger partial charge < -0.3 is 0 Å². The first-order valence-corrected chi connectivity index (χ1v) is 7.12. The largest absolute Gasteiger partial charge is 0.271 e. The average Bonchev–Trinajstić information content (AvgIpc) is 2.43. The molecule has 0 saturated carbocycles. The Labute approximate surface area is 123 Å². The van der Waals surface area contributed by atoms with Gasteiger partial charge >= 0.3 is 0 Å². The maximum Gasteiger partial charge on any atom is 0.271 e. The Balaban J connectivity index is 0.00000106. The normalized spacial score (nSPS) is 11.5. The lowest BCUT2D eigenvalue weighted by molar-refractivity contribution is 0.0169. The second-order valence-corrected chi connectivity index (χ2v) is 5.17. The number of aryl methyl sites for hydroxylation is 1. The van der Waals surface area contributed by atoms with Crippen LogP contribution in [0.1, 0.15) is 57.2 Å². The van der Waals surface area contributed by atoms with Crippen LogP contribution in [0.3, 0.4) is 0 Å². The minimum atomic E-state index is -2.99. The fourth-order valence-corrected chi connectivity index (χ4v) is 1.97. The van der Waals surface area contributed by atoms with Crippen LogP contribution in [-0.2, 0) is 5.92 Å². The van der Waals surface area contributed by atoms with E-state index in [1.54, 1.807) is 6.92 Å². The number of hydrogen-bond donors (Lipinski definition) is 0. The van der Waals surface area contributed by atoms with Crippen molar-refractivity contribution >= 4 is 5.65 Å². The van der Waals surface area contributed by atoms with Gasteiger partial charge in [-0.1, -0.05) is 27.7 Å². The molecule has 0 aliphatic carbocycles. The molecule has 0 amide bonds. The number of pyridine rings is 1. The lowest BCUT2D eigenvalue weighted by atomic mass is 10.0. The van der Waals surface area contributed by atoms with Crippen molar-refractivity contribution in [2.75, 3.05) is 0 Å². The molecule has 3 nitrogen and oxygen atoms in total. The second kappa shape index (κ2) is 6.33.